The van der Waals surface area contributed by atoms with E-state index in [1.165, 1.54) is 25.3 Å². The maximum Gasteiger partial charge on any atom is 0.417 e. The van der Waals surface area contributed by atoms with Crippen molar-refractivity contribution in [2.24, 2.45) is 11.8 Å². The van der Waals surface area contributed by atoms with E-state index in [2.05, 4.69) is 17.2 Å². The Kier molecular flexibility index (Phi) is 5.73. The van der Waals surface area contributed by atoms with Crippen LogP contribution in [0.15, 0.2) is 18.3 Å². The Morgan fingerprint density at radius 1 is 1.15 bits per heavy atom. The predicted molar refractivity (Wildman–Crippen MR) is 93.7 cm³/mol. The highest BCUT2D eigenvalue weighted by molar-refractivity contribution is 5.79. The second-order valence-electron chi connectivity index (χ2n) is 7.54. The van der Waals surface area contributed by atoms with Crippen molar-refractivity contribution in [1.82, 2.24) is 10.3 Å². The Bertz CT molecular complexity index is 609. The van der Waals surface area contributed by atoms with Gasteiger partial charge in [-0.1, -0.05) is 19.8 Å². The predicted octanol–water partition coefficient (Wildman–Crippen LogP) is 4.01. The van der Waals surface area contributed by atoms with E-state index < -0.39 is 11.7 Å². The van der Waals surface area contributed by atoms with E-state index in [1.807, 2.05) is 4.90 Å². The largest absolute Gasteiger partial charge is 0.417 e. The number of rotatable bonds is 3. The summed E-state index contributed by atoms with van der Waals surface area (Å²) in [6.07, 6.45) is 2.56. The maximum absolute atomic E-state index is 12.6. The summed E-state index contributed by atoms with van der Waals surface area (Å²) in [6, 6.07) is 2.75. The van der Waals surface area contributed by atoms with Gasteiger partial charge in [0.25, 0.3) is 0 Å². The molecule has 2 atom stereocenters. The first-order valence-corrected chi connectivity index (χ1v) is 9.43. The van der Waals surface area contributed by atoms with E-state index in [4.69, 9.17) is 0 Å². The highest BCUT2D eigenvalue weighted by Gasteiger charge is 2.32. The standard InChI is InChI=1S/C19H26F3N3O/c1-13-4-2-3-5-16(13)24-18(26)14-8-10-25(11-9-14)17-7-6-15(12-23-17)19(20,21)22/h6-7,12-14,16H,2-5,8-11H2,1H3,(H,24,26)/t13-,16+/m1/s1. The number of nitrogens with zero attached hydrogens (tertiary/aromatic N) is 2. The van der Waals surface area contributed by atoms with Crippen LogP contribution in [-0.4, -0.2) is 30.0 Å². The lowest BCUT2D eigenvalue weighted by Crippen LogP contribution is -2.46. The molecule has 1 saturated heterocycles. The molecule has 26 heavy (non-hydrogen) atoms. The number of nitrogens with one attached hydrogen (secondary N) is 1. The van der Waals surface area contributed by atoms with Crippen molar-refractivity contribution in [2.45, 2.75) is 57.7 Å². The summed E-state index contributed by atoms with van der Waals surface area (Å²) in [5.41, 5.74) is -0.739. The van der Waals surface area contributed by atoms with E-state index in [1.54, 1.807) is 0 Å². The molecule has 1 aliphatic heterocycles. The van der Waals surface area contributed by atoms with Gasteiger partial charge in [-0.25, -0.2) is 4.98 Å². The van der Waals surface area contributed by atoms with Gasteiger partial charge >= 0.3 is 6.18 Å². The van der Waals surface area contributed by atoms with Crippen LogP contribution in [-0.2, 0) is 11.0 Å². The fourth-order valence-electron chi connectivity index (χ4n) is 3.94. The summed E-state index contributed by atoms with van der Waals surface area (Å²) in [7, 11) is 0. The molecule has 2 fully saturated rings. The van der Waals surface area contributed by atoms with Crippen molar-refractivity contribution in [2.75, 3.05) is 18.0 Å². The molecule has 0 aromatic carbocycles. The molecule has 1 aromatic rings. The number of hydrogen-bond donors (Lipinski definition) is 1. The maximum atomic E-state index is 12.6. The number of carbonyl (C=O) groups excluding carboxylic acids is 1. The zero-order chi connectivity index (χ0) is 18.7. The van der Waals surface area contributed by atoms with E-state index >= 15 is 0 Å². The molecule has 1 aliphatic carbocycles. The first-order valence-electron chi connectivity index (χ1n) is 9.43. The summed E-state index contributed by atoms with van der Waals surface area (Å²) in [5, 5.41) is 3.22. The molecule has 0 radical (unpaired) electrons. The van der Waals surface area contributed by atoms with Crippen LogP contribution in [0.5, 0.6) is 0 Å². The molecule has 4 nitrogen and oxygen atoms in total. The minimum absolute atomic E-state index is 0.0187. The first-order chi connectivity index (χ1) is 12.3. The highest BCUT2D eigenvalue weighted by Crippen LogP contribution is 2.30. The zero-order valence-corrected chi connectivity index (χ0v) is 15.1. The monoisotopic (exact) mass is 369 g/mol. The van der Waals surface area contributed by atoms with Gasteiger partial charge in [0.05, 0.1) is 5.56 Å². The summed E-state index contributed by atoms with van der Waals surface area (Å²) in [6.45, 7) is 3.47. The number of carbonyl (C=O) groups is 1. The second-order valence-corrected chi connectivity index (χ2v) is 7.54. The van der Waals surface area contributed by atoms with Crippen LogP contribution in [0.1, 0.15) is 51.0 Å². The molecule has 0 bridgehead atoms. The molecule has 0 unspecified atom stereocenters. The molecule has 1 N–H and O–H groups in total. The van der Waals surface area contributed by atoms with E-state index in [0.717, 1.165) is 18.7 Å². The highest BCUT2D eigenvalue weighted by atomic mass is 19.4. The molecule has 1 aromatic heterocycles. The Morgan fingerprint density at radius 2 is 1.85 bits per heavy atom. The average molecular weight is 369 g/mol. The molecule has 3 rings (SSSR count). The molecule has 144 valence electrons. The average Bonchev–Trinajstić information content (AvgIpc) is 2.63. The third kappa shape index (κ3) is 4.48. The van der Waals surface area contributed by atoms with Gasteiger partial charge in [0.15, 0.2) is 0 Å². The molecule has 1 amide bonds. The molecular weight excluding hydrogens is 343 g/mol. The van der Waals surface area contributed by atoms with Crippen molar-refractivity contribution in [3.8, 4) is 0 Å². The molecule has 1 saturated carbocycles. The number of pyridine rings is 1. The van der Waals surface area contributed by atoms with Crippen LogP contribution in [0.3, 0.4) is 0 Å². The SMILES string of the molecule is C[C@@H]1CCCC[C@@H]1NC(=O)C1CCN(c2ccc(C(F)(F)F)cn2)CC1. The third-order valence-corrected chi connectivity index (χ3v) is 5.70. The third-order valence-electron chi connectivity index (χ3n) is 5.70. The Balaban J connectivity index is 1.51. The number of hydrogen-bond acceptors (Lipinski definition) is 3. The normalized spacial score (nSPS) is 25.2. The van der Waals surface area contributed by atoms with E-state index in [9.17, 15) is 18.0 Å². The first kappa shape index (κ1) is 19.0. The number of alkyl halides is 3. The number of halogens is 3. The van der Waals surface area contributed by atoms with Crippen molar-refractivity contribution in [1.29, 1.82) is 0 Å². The lowest BCUT2D eigenvalue weighted by Gasteiger charge is -2.35. The van der Waals surface area contributed by atoms with Gasteiger partial charge in [0, 0.05) is 31.2 Å². The van der Waals surface area contributed by atoms with Crippen molar-refractivity contribution < 1.29 is 18.0 Å². The molecule has 2 aliphatic rings. The minimum Gasteiger partial charge on any atom is -0.357 e. The van der Waals surface area contributed by atoms with Crippen LogP contribution in [0.2, 0.25) is 0 Å². The topological polar surface area (TPSA) is 45.2 Å². The zero-order valence-electron chi connectivity index (χ0n) is 15.1. The Labute approximate surface area is 152 Å². The van der Waals surface area contributed by atoms with Crippen LogP contribution >= 0.6 is 0 Å². The lowest BCUT2D eigenvalue weighted by atomic mass is 9.85. The van der Waals surface area contributed by atoms with Gasteiger partial charge in [0.2, 0.25) is 5.91 Å². The smallest absolute Gasteiger partial charge is 0.357 e. The Hall–Kier alpha value is -1.79. The van der Waals surface area contributed by atoms with Crippen molar-refractivity contribution >= 4 is 11.7 Å². The van der Waals surface area contributed by atoms with Crippen LogP contribution in [0.4, 0.5) is 19.0 Å². The molecular formula is C19H26F3N3O. The number of anilines is 1. The fraction of sp³-hybridized carbons (Fsp3) is 0.684. The van der Waals surface area contributed by atoms with Gasteiger partial charge < -0.3 is 10.2 Å². The van der Waals surface area contributed by atoms with Crippen LogP contribution in [0.25, 0.3) is 0 Å². The van der Waals surface area contributed by atoms with Crippen molar-refractivity contribution in [3.05, 3.63) is 23.9 Å². The van der Waals surface area contributed by atoms with Gasteiger partial charge in [-0.2, -0.15) is 13.2 Å². The van der Waals surface area contributed by atoms with Crippen LogP contribution < -0.4 is 10.2 Å². The summed E-state index contributed by atoms with van der Waals surface area (Å²) in [4.78, 5) is 18.4. The molecule has 0 spiro atoms. The molecule has 7 heteroatoms. The Morgan fingerprint density at radius 3 is 2.42 bits per heavy atom. The van der Waals surface area contributed by atoms with Gasteiger partial charge in [-0.3, -0.25) is 4.79 Å². The number of amides is 1. The van der Waals surface area contributed by atoms with Gasteiger partial charge in [0.1, 0.15) is 5.82 Å². The second kappa shape index (κ2) is 7.84. The summed E-state index contributed by atoms with van der Waals surface area (Å²) >= 11 is 0. The number of aromatic nitrogens is 1. The van der Waals surface area contributed by atoms with Crippen LogP contribution in [0, 0.1) is 11.8 Å². The van der Waals surface area contributed by atoms with Gasteiger partial charge in [-0.05, 0) is 43.7 Å². The quantitative estimate of drug-likeness (QED) is 0.876. The van der Waals surface area contributed by atoms with Gasteiger partial charge in [-0.15, -0.1) is 0 Å². The minimum atomic E-state index is -4.37. The summed E-state index contributed by atoms with van der Waals surface area (Å²) < 4.78 is 37.9. The van der Waals surface area contributed by atoms with Crippen molar-refractivity contribution in [3.63, 3.8) is 0 Å². The number of piperidine rings is 1. The van der Waals surface area contributed by atoms with E-state index in [-0.39, 0.29) is 17.9 Å². The molecule has 2 heterocycles. The fourth-order valence-corrected chi connectivity index (χ4v) is 3.94. The van der Waals surface area contributed by atoms with E-state index in [0.29, 0.717) is 37.7 Å². The lowest BCUT2D eigenvalue weighted by molar-refractivity contribution is -0.137. The summed E-state index contributed by atoms with van der Waals surface area (Å²) in [5.74, 6) is 1.18.